The zero-order valence-corrected chi connectivity index (χ0v) is 18.3. The van der Waals surface area contributed by atoms with Crippen LogP contribution >= 0.6 is 11.6 Å². The Morgan fingerprint density at radius 3 is 2.48 bits per heavy atom. The Bertz CT molecular complexity index is 1150. The van der Waals surface area contributed by atoms with Crippen molar-refractivity contribution >= 4 is 39.1 Å². The van der Waals surface area contributed by atoms with Gasteiger partial charge in [0, 0.05) is 38.4 Å². The number of pyridine rings is 1. The van der Waals surface area contributed by atoms with Gasteiger partial charge in [0.2, 0.25) is 10.0 Å². The van der Waals surface area contributed by atoms with E-state index in [2.05, 4.69) is 20.3 Å². The number of hydrogen-bond donors (Lipinski definition) is 1. The number of nitrogens with zero attached hydrogens (tertiary/aromatic N) is 5. The summed E-state index contributed by atoms with van der Waals surface area (Å²) < 4.78 is 32.6. The minimum absolute atomic E-state index is 0.149. The highest BCUT2D eigenvalue weighted by molar-refractivity contribution is 7.89. The Morgan fingerprint density at radius 1 is 1.00 bits per heavy atom. The molecule has 11 heteroatoms. The molecular weight excluding hydrogens is 440 g/mol. The van der Waals surface area contributed by atoms with Gasteiger partial charge in [-0.2, -0.15) is 4.31 Å². The topological polar surface area (TPSA) is 101 Å². The van der Waals surface area contributed by atoms with Gasteiger partial charge in [-0.15, -0.1) is 0 Å². The third kappa shape index (κ3) is 4.71. The lowest BCUT2D eigenvalue weighted by molar-refractivity contribution is 0.383. The molecule has 0 atom stereocenters. The summed E-state index contributed by atoms with van der Waals surface area (Å²) in [5, 5.41) is 3.39. The summed E-state index contributed by atoms with van der Waals surface area (Å²) in [5.74, 6) is 2.45. The van der Waals surface area contributed by atoms with Gasteiger partial charge in [-0.25, -0.2) is 23.4 Å². The maximum absolute atomic E-state index is 13.0. The highest BCUT2D eigenvalue weighted by Crippen LogP contribution is 2.29. The van der Waals surface area contributed by atoms with Crippen molar-refractivity contribution in [3.63, 3.8) is 0 Å². The molecule has 0 unspecified atom stereocenters. The van der Waals surface area contributed by atoms with E-state index < -0.39 is 10.0 Å². The molecule has 3 aromatic rings. The van der Waals surface area contributed by atoms with Crippen molar-refractivity contribution in [2.45, 2.75) is 4.90 Å². The molecule has 4 rings (SSSR count). The fraction of sp³-hybridized carbons (Fsp3) is 0.250. The third-order valence-corrected chi connectivity index (χ3v) is 7.09. The van der Waals surface area contributed by atoms with Crippen LogP contribution < -0.4 is 15.0 Å². The molecule has 1 N–H and O–H groups in total. The molecule has 1 aliphatic heterocycles. The summed E-state index contributed by atoms with van der Waals surface area (Å²) in [4.78, 5) is 15.0. The summed E-state index contributed by atoms with van der Waals surface area (Å²) in [7, 11) is -2.17. The van der Waals surface area contributed by atoms with Crippen LogP contribution in [0.25, 0.3) is 0 Å². The second kappa shape index (κ2) is 9.04. The van der Waals surface area contributed by atoms with Crippen LogP contribution in [0.4, 0.5) is 17.5 Å². The number of aromatic nitrogens is 3. The van der Waals surface area contributed by atoms with Crippen molar-refractivity contribution in [1.82, 2.24) is 19.3 Å². The first-order valence-corrected chi connectivity index (χ1v) is 11.4. The lowest BCUT2D eigenvalue weighted by Gasteiger charge is -2.34. The zero-order valence-electron chi connectivity index (χ0n) is 16.8. The number of sulfonamides is 1. The molecule has 9 nitrogen and oxygen atoms in total. The van der Waals surface area contributed by atoms with E-state index in [-0.39, 0.29) is 9.92 Å². The van der Waals surface area contributed by atoms with Crippen LogP contribution in [0.3, 0.4) is 0 Å². The normalized spacial score (nSPS) is 15.0. The van der Waals surface area contributed by atoms with E-state index in [1.807, 2.05) is 29.2 Å². The molecule has 0 amide bonds. The Kier molecular flexibility index (Phi) is 6.21. The van der Waals surface area contributed by atoms with E-state index >= 15 is 0 Å². The molecule has 1 fully saturated rings. The van der Waals surface area contributed by atoms with E-state index in [1.165, 1.54) is 29.9 Å². The lowest BCUT2D eigenvalue weighted by Crippen LogP contribution is -2.48. The van der Waals surface area contributed by atoms with Crippen LogP contribution in [0, 0.1) is 0 Å². The first-order chi connectivity index (χ1) is 15.0. The van der Waals surface area contributed by atoms with Crippen LogP contribution in [0.1, 0.15) is 0 Å². The molecule has 1 aromatic carbocycles. The van der Waals surface area contributed by atoms with Gasteiger partial charge < -0.3 is 15.0 Å². The number of nitrogens with one attached hydrogen (secondary N) is 1. The van der Waals surface area contributed by atoms with Gasteiger partial charge in [-0.3, -0.25) is 0 Å². The number of halogens is 1. The van der Waals surface area contributed by atoms with Gasteiger partial charge in [0.15, 0.2) is 0 Å². The standard InChI is InChI=1S/C20H21ClN6O3S/c1-30-17-6-5-15(12-16(17)21)31(28,29)27-10-8-26(9-11-27)20-13-19(23-14-24-20)25-18-4-2-3-7-22-18/h2-7,12-14H,8-11H2,1H3,(H,22,23,24,25). The summed E-state index contributed by atoms with van der Waals surface area (Å²) in [6, 6.07) is 11.9. The average Bonchev–Trinajstić information content (AvgIpc) is 2.80. The molecule has 0 spiro atoms. The van der Waals surface area contributed by atoms with Crippen molar-refractivity contribution in [1.29, 1.82) is 0 Å². The van der Waals surface area contributed by atoms with Crippen LogP contribution in [-0.2, 0) is 10.0 Å². The summed E-state index contributed by atoms with van der Waals surface area (Å²) >= 11 is 6.11. The Morgan fingerprint density at radius 2 is 1.81 bits per heavy atom. The van der Waals surface area contributed by atoms with E-state index in [4.69, 9.17) is 16.3 Å². The fourth-order valence-corrected chi connectivity index (χ4v) is 5.04. The summed E-state index contributed by atoms with van der Waals surface area (Å²) in [6.07, 6.45) is 3.17. The van der Waals surface area contributed by atoms with Crippen molar-refractivity contribution in [2.75, 3.05) is 43.5 Å². The number of hydrogen-bond acceptors (Lipinski definition) is 8. The molecule has 1 saturated heterocycles. The predicted octanol–water partition coefficient (Wildman–Crippen LogP) is 2.79. The van der Waals surface area contributed by atoms with E-state index in [9.17, 15) is 8.42 Å². The second-order valence-corrected chi connectivity index (χ2v) is 9.13. The second-order valence-electron chi connectivity index (χ2n) is 6.79. The molecule has 3 heterocycles. The van der Waals surface area contributed by atoms with Crippen molar-refractivity contribution in [3.8, 4) is 5.75 Å². The highest BCUT2D eigenvalue weighted by Gasteiger charge is 2.29. The van der Waals surface area contributed by atoms with Crippen LogP contribution in [-0.4, -0.2) is 61.0 Å². The van der Waals surface area contributed by atoms with Crippen LogP contribution in [0.2, 0.25) is 5.02 Å². The summed E-state index contributed by atoms with van der Waals surface area (Å²) in [5.41, 5.74) is 0. The molecule has 0 saturated carbocycles. The Labute approximate surface area is 185 Å². The van der Waals surface area contributed by atoms with Gasteiger partial charge in [-0.1, -0.05) is 17.7 Å². The summed E-state index contributed by atoms with van der Waals surface area (Å²) in [6.45, 7) is 1.67. The molecule has 0 bridgehead atoms. The van der Waals surface area contributed by atoms with E-state index in [0.29, 0.717) is 43.6 Å². The van der Waals surface area contributed by atoms with Gasteiger partial charge in [0.25, 0.3) is 0 Å². The van der Waals surface area contributed by atoms with Gasteiger partial charge in [0.05, 0.1) is 17.0 Å². The molecule has 162 valence electrons. The molecular formula is C20H21ClN6O3S. The largest absolute Gasteiger partial charge is 0.495 e. The number of anilines is 3. The van der Waals surface area contributed by atoms with Crippen LogP contribution in [0.5, 0.6) is 5.75 Å². The van der Waals surface area contributed by atoms with Crippen molar-refractivity contribution < 1.29 is 13.2 Å². The predicted molar refractivity (Wildman–Crippen MR) is 119 cm³/mol. The first kappa shape index (κ1) is 21.3. The van der Waals surface area contributed by atoms with Gasteiger partial charge in [-0.05, 0) is 30.3 Å². The Hall–Kier alpha value is -2.95. The SMILES string of the molecule is COc1ccc(S(=O)(=O)N2CCN(c3cc(Nc4ccccn4)ncn3)CC2)cc1Cl. The molecule has 1 aliphatic rings. The highest BCUT2D eigenvalue weighted by atomic mass is 35.5. The number of rotatable bonds is 6. The average molecular weight is 461 g/mol. The van der Waals surface area contributed by atoms with Gasteiger partial charge >= 0.3 is 0 Å². The maximum atomic E-state index is 13.0. The van der Waals surface area contributed by atoms with Crippen LogP contribution in [0.15, 0.2) is 59.9 Å². The van der Waals surface area contributed by atoms with Gasteiger partial charge in [0.1, 0.15) is 29.5 Å². The monoisotopic (exact) mass is 460 g/mol. The number of benzene rings is 1. The smallest absolute Gasteiger partial charge is 0.243 e. The third-order valence-electron chi connectivity index (χ3n) is 4.90. The number of methoxy groups -OCH3 is 1. The van der Waals surface area contributed by atoms with E-state index in [0.717, 1.165) is 5.82 Å². The van der Waals surface area contributed by atoms with Crippen molar-refractivity contribution in [3.05, 3.63) is 60.0 Å². The molecule has 31 heavy (non-hydrogen) atoms. The number of ether oxygens (including phenoxy) is 1. The van der Waals surface area contributed by atoms with E-state index in [1.54, 1.807) is 12.3 Å². The number of piperazine rings is 1. The minimum Gasteiger partial charge on any atom is -0.495 e. The maximum Gasteiger partial charge on any atom is 0.243 e. The molecule has 0 radical (unpaired) electrons. The first-order valence-electron chi connectivity index (χ1n) is 9.56. The zero-order chi connectivity index (χ0) is 21.8. The fourth-order valence-electron chi connectivity index (χ4n) is 3.27. The molecule has 2 aromatic heterocycles. The van der Waals surface area contributed by atoms with Crippen molar-refractivity contribution in [2.24, 2.45) is 0 Å². The minimum atomic E-state index is -3.65. The quantitative estimate of drug-likeness (QED) is 0.599. The Balaban J connectivity index is 1.44. The molecule has 0 aliphatic carbocycles. The lowest BCUT2D eigenvalue weighted by atomic mass is 10.3.